The summed E-state index contributed by atoms with van der Waals surface area (Å²) in [5, 5.41) is 10.7. The fourth-order valence-corrected chi connectivity index (χ4v) is 2.94. The highest BCUT2D eigenvalue weighted by atomic mass is 79.9. The SMILES string of the molecule is O=P(O)(O)C(O)c1cc(Br)cs1. The number of hydrogen-bond donors (Lipinski definition) is 3. The van der Waals surface area contributed by atoms with Crippen molar-refractivity contribution in [3.63, 3.8) is 0 Å². The van der Waals surface area contributed by atoms with Gasteiger partial charge in [0, 0.05) is 14.7 Å². The van der Waals surface area contributed by atoms with Crippen LogP contribution < -0.4 is 0 Å². The second-order valence-electron chi connectivity index (χ2n) is 2.13. The predicted molar refractivity (Wildman–Crippen MR) is 49.0 cm³/mol. The van der Waals surface area contributed by atoms with E-state index >= 15 is 0 Å². The molecule has 12 heavy (non-hydrogen) atoms. The molecular formula is C5H6BrO4PS. The molecule has 0 radical (unpaired) electrons. The van der Waals surface area contributed by atoms with Crippen molar-refractivity contribution in [2.75, 3.05) is 0 Å². The number of halogens is 1. The molecule has 1 rings (SSSR count). The Morgan fingerprint density at radius 1 is 1.58 bits per heavy atom. The van der Waals surface area contributed by atoms with Crippen LogP contribution in [0.25, 0.3) is 0 Å². The standard InChI is InChI=1S/C5H6BrO4PS/c6-3-1-4(12-2-3)5(7)11(8,9)10/h1-2,5,7H,(H2,8,9,10). The molecule has 1 unspecified atom stereocenters. The molecule has 4 nitrogen and oxygen atoms in total. The van der Waals surface area contributed by atoms with E-state index < -0.39 is 13.4 Å². The smallest absolute Gasteiger partial charge is 0.359 e. The van der Waals surface area contributed by atoms with E-state index in [1.165, 1.54) is 6.07 Å². The second kappa shape index (κ2) is 3.57. The average Bonchev–Trinajstić information content (AvgIpc) is 2.32. The Hall–Kier alpha value is 0.290. The highest BCUT2D eigenvalue weighted by Gasteiger charge is 2.29. The van der Waals surface area contributed by atoms with Gasteiger partial charge in [0.25, 0.3) is 0 Å². The summed E-state index contributed by atoms with van der Waals surface area (Å²) < 4.78 is 11.3. The fraction of sp³-hybridized carbons (Fsp3) is 0.200. The molecule has 0 spiro atoms. The Morgan fingerprint density at radius 3 is 2.50 bits per heavy atom. The van der Waals surface area contributed by atoms with Crippen LogP contribution in [0.2, 0.25) is 0 Å². The molecule has 7 heteroatoms. The summed E-state index contributed by atoms with van der Waals surface area (Å²) in [7, 11) is -4.42. The Balaban J connectivity index is 2.93. The van der Waals surface area contributed by atoms with Gasteiger partial charge in [-0.15, -0.1) is 11.3 Å². The van der Waals surface area contributed by atoms with E-state index in [-0.39, 0.29) is 4.88 Å². The van der Waals surface area contributed by atoms with E-state index in [9.17, 15) is 4.57 Å². The minimum absolute atomic E-state index is 0.259. The molecule has 0 saturated heterocycles. The zero-order valence-corrected chi connectivity index (χ0v) is 9.01. The van der Waals surface area contributed by atoms with Crippen molar-refractivity contribution >= 4 is 34.9 Å². The maximum Gasteiger partial charge on any atom is 0.359 e. The van der Waals surface area contributed by atoms with E-state index in [4.69, 9.17) is 14.9 Å². The molecule has 0 aliphatic carbocycles. The van der Waals surface area contributed by atoms with Crippen LogP contribution >= 0.6 is 34.9 Å². The number of rotatable bonds is 2. The molecular weight excluding hydrogens is 267 g/mol. The Kier molecular flexibility index (Phi) is 3.09. The molecule has 68 valence electrons. The van der Waals surface area contributed by atoms with Crippen molar-refractivity contribution in [3.8, 4) is 0 Å². The molecule has 0 aliphatic rings. The normalized spacial score (nSPS) is 14.7. The third-order valence-electron chi connectivity index (χ3n) is 1.16. The maximum atomic E-state index is 10.6. The van der Waals surface area contributed by atoms with Crippen LogP contribution in [0.5, 0.6) is 0 Å². The summed E-state index contributed by atoms with van der Waals surface area (Å²) in [5.41, 5.74) is 0. The van der Waals surface area contributed by atoms with Gasteiger partial charge in [-0.1, -0.05) is 0 Å². The van der Waals surface area contributed by atoms with Gasteiger partial charge in [0.2, 0.25) is 0 Å². The average molecular weight is 273 g/mol. The number of aliphatic hydroxyl groups excluding tert-OH is 1. The largest absolute Gasteiger partial charge is 0.376 e. The molecule has 1 aromatic rings. The first-order chi connectivity index (χ1) is 5.41. The second-order valence-corrected chi connectivity index (χ2v) is 5.66. The summed E-state index contributed by atoms with van der Waals surface area (Å²) >= 11 is 4.21. The first-order valence-electron chi connectivity index (χ1n) is 2.88. The molecule has 1 aromatic heterocycles. The highest BCUT2D eigenvalue weighted by molar-refractivity contribution is 9.10. The Bertz CT molecular complexity index is 319. The van der Waals surface area contributed by atoms with E-state index in [2.05, 4.69) is 15.9 Å². The summed E-state index contributed by atoms with van der Waals surface area (Å²) in [5.74, 6) is -1.70. The van der Waals surface area contributed by atoms with Crippen molar-refractivity contribution in [1.82, 2.24) is 0 Å². The molecule has 0 fully saturated rings. The lowest BCUT2D eigenvalue weighted by Crippen LogP contribution is -1.94. The molecule has 0 amide bonds. The third kappa shape index (κ3) is 2.39. The van der Waals surface area contributed by atoms with Gasteiger partial charge in [0.05, 0.1) is 0 Å². The topological polar surface area (TPSA) is 77.8 Å². The van der Waals surface area contributed by atoms with E-state index in [1.807, 2.05) is 0 Å². The van der Waals surface area contributed by atoms with Gasteiger partial charge in [-0.2, -0.15) is 0 Å². The van der Waals surface area contributed by atoms with Crippen LogP contribution in [0, 0.1) is 0 Å². The number of thiophene rings is 1. The minimum atomic E-state index is -4.42. The summed E-state index contributed by atoms with van der Waals surface area (Å²) in [6.07, 6.45) is 0. The first kappa shape index (κ1) is 10.4. The molecule has 1 heterocycles. The minimum Gasteiger partial charge on any atom is -0.376 e. The zero-order chi connectivity index (χ0) is 9.35. The van der Waals surface area contributed by atoms with Gasteiger partial charge in [0.1, 0.15) is 0 Å². The van der Waals surface area contributed by atoms with Crippen molar-refractivity contribution in [3.05, 3.63) is 20.8 Å². The van der Waals surface area contributed by atoms with E-state index in [1.54, 1.807) is 5.38 Å². The highest BCUT2D eigenvalue weighted by Crippen LogP contribution is 2.51. The van der Waals surface area contributed by atoms with Crippen LogP contribution in [-0.4, -0.2) is 14.9 Å². The van der Waals surface area contributed by atoms with Crippen LogP contribution in [0.4, 0.5) is 0 Å². The lowest BCUT2D eigenvalue weighted by Gasteiger charge is -2.09. The predicted octanol–water partition coefficient (Wildman–Crippen LogP) is 1.68. The number of hydrogen-bond acceptors (Lipinski definition) is 3. The van der Waals surface area contributed by atoms with Gasteiger partial charge in [-0.3, -0.25) is 4.57 Å². The molecule has 0 aliphatic heterocycles. The first-order valence-corrected chi connectivity index (χ1v) is 6.24. The monoisotopic (exact) mass is 272 g/mol. The lowest BCUT2D eigenvalue weighted by molar-refractivity contribution is 0.208. The van der Waals surface area contributed by atoms with Gasteiger partial charge in [-0.25, -0.2) is 0 Å². The summed E-state index contributed by atoms with van der Waals surface area (Å²) in [6.45, 7) is 0. The summed E-state index contributed by atoms with van der Waals surface area (Å²) in [4.78, 5) is 17.5. The zero-order valence-electron chi connectivity index (χ0n) is 5.72. The molecule has 0 aromatic carbocycles. The van der Waals surface area contributed by atoms with E-state index in [0.29, 0.717) is 4.47 Å². The van der Waals surface area contributed by atoms with E-state index in [0.717, 1.165) is 11.3 Å². The van der Waals surface area contributed by atoms with Gasteiger partial charge < -0.3 is 14.9 Å². The quantitative estimate of drug-likeness (QED) is 0.716. The van der Waals surface area contributed by atoms with Crippen LogP contribution in [0.1, 0.15) is 10.7 Å². The van der Waals surface area contributed by atoms with Gasteiger partial charge >= 0.3 is 7.60 Å². The molecule has 0 saturated carbocycles. The summed E-state index contributed by atoms with van der Waals surface area (Å²) in [6, 6.07) is 1.48. The van der Waals surface area contributed by atoms with Gasteiger partial charge in [-0.05, 0) is 22.0 Å². The van der Waals surface area contributed by atoms with Crippen LogP contribution in [0.3, 0.4) is 0 Å². The van der Waals surface area contributed by atoms with Crippen molar-refractivity contribution < 1.29 is 19.5 Å². The maximum absolute atomic E-state index is 10.6. The van der Waals surface area contributed by atoms with Crippen molar-refractivity contribution in [1.29, 1.82) is 0 Å². The number of aliphatic hydroxyl groups is 1. The van der Waals surface area contributed by atoms with Crippen molar-refractivity contribution in [2.45, 2.75) is 5.85 Å². The van der Waals surface area contributed by atoms with Gasteiger partial charge in [0.15, 0.2) is 5.85 Å². The molecule has 1 atom stereocenters. The third-order valence-corrected chi connectivity index (χ3v) is 4.00. The van der Waals surface area contributed by atoms with Crippen LogP contribution in [0.15, 0.2) is 15.9 Å². The van der Waals surface area contributed by atoms with Crippen molar-refractivity contribution in [2.24, 2.45) is 0 Å². The Labute approximate surface area is 81.1 Å². The fourth-order valence-electron chi connectivity index (χ4n) is 0.629. The van der Waals surface area contributed by atoms with Crippen LogP contribution in [-0.2, 0) is 4.57 Å². The molecule has 0 bridgehead atoms. The Morgan fingerprint density at radius 2 is 2.17 bits per heavy atom. The lowest BCUT2D eigenvalue weighted by atomic mass is 10.5. The molecule has 3 N–H and O–H groups in total.